The van der Waals surface area contributed by atoms with Gasteiger partial charge in [0.1, 0.15) is 0 Å². The van der Waals surface area contributed by atoms with Crippen molar-refractivity contribution in [3.05, 3.63) is 112 Å². The van der Waals surface area contributed by atoms with Crippen molar-refractivity contribution >= 4 is 39.6 Å². The number of carbonyl (C=O) groups excluding carboxylic acids is 2. The molecule has 0 saturated heterocycles. The summed E-state index contributed by atoms with van der Waals surface area (Å²) in [6, 6.07) is 25.3. The molecule has 0 fully saturated rings. The summed E-state index contributed by atoms with van der Waals surface area (Å²) in [4.78, 5) is 36.1. The van der Waals surface area contributed by atoms with Crippen molar-refractivity contribution in [1.29, 1.82) is 0 Å². The second-order valence-corrected chi connectivity index (χ2v) is 6.78. The molecule has 0 spiro atoms. The zero-order valence-electron chi connectivity index (χ0n) is 16.2. The molecule has 0 aliphatic carbocycles. The van der Waals surface area contributed by atoms with E-state index in [1.807, 2.05) is 36.4 Å². The summed E-state index contributed by atoms with van der Waals surface area (Å²) in [6.07, 6.45) is 0. The van der Waals surface area contributed by atoms with Crippen LogP contribution in [0.2, 0.25) is 0 Å². The topological polar surface area (TPSA) is 101 Å². The maximum absolute atomic E-state index is 13.0. The van der Waals surface area contributed by atoms with Crippen LogP contribution < -0.4 is 10.6 Å². The number of rotatable bonds is 5. The average molecular weight is 411 g/mol. The molecule has 7 heteroatoms. The first kappa shape index (κ1) is 19.8. The van der Waals surface area contributed by atoms with Crippen molar-refractivity contribution in [3.63, 3.8) is 0 Å². The fraction of sp³-hybridized carbons (Fsp3) is 0. The number of nitro groups is 1. The van der Waals surface area contributed by atoms with Gasteiger partial charge < -0.3 is 10.6 Å². The smallest absolute Gasteiger partial charge is 0.269 e. The van der Waals surface area contributed by atoms with Crippen LogP contribution in [0, 0.1) is 10.1 Å². The van der Waals surface area contributed by atoms with E-state index in [1.165, 1.54) is 24.3 Å². The molecule has 0 unspecified atom stereocenters. The van der Waals surface area contributed by atoms with Crippen molar-refractivity contribution in [2.75, 3.05) is 10.6 Å². The summed E-state index contributed by atoms with van der Waals surface area (Å²) >= 11 is 0. The van der Waals surface area contributed by atoms with E-state index in [9.17, 15) is 19.7 Å². The highest BCUT2D eigenvalue weighted by atomic mass is 16.6. The summed E-state index contributed by atoms with van der Waals surface area (Å²) in [5.41, 5.74) is 1.37. The van der Waals surface area contributed by atoms with Gasteiger partial charge in [0.05, 0.1) is 16.1 Å². The third-order valence-electron chi connectivity index (χ3n) is 4.79. The molecule has 2 amide bonds. The standard InChI is InChI=1S/C24H17N3O4/c28-23(25-17-12-14-18(15-13-17)27(30)31)20-9-3-4-10-21(20)24(29)26-22-11-5-7-16-6-1-2-8-19(16)22/h1-15H,(H,25,28)(H,26,29). The predicted molar refractivity (Wildman–Crippen MR) is 119 cm³/mol. The highest BCUT2D eigenvalue weighted by molar-refractivity contribution is 6.16. The Morgan fingerprint density at radius 3 is 1.94 bits per heavy atom. The summed E-state index contributed by atoms with van der Waals surface area (Å²) in [5, 5.41) is 18.2. The molecule has 2 N–H and O–H groups in total. The van der Waals surface area contributed by atoms with Gasteiger partial charge in [-0.1, -0.05) is 48.5 Å². The van der Waals surface area contributed by atoms with E-state index in [0.29, 0.717) is 11.4 Å². The molecule has 31 heavy (non-hydrogen) atoms. The van der Waals surface area contributed by atoms with Crippen molar-refractivity contribution in [3.8, 4) is 0 Å². The number of nitrogens with zero attached hydrogens (tertiary/aromatic N) is 1. The second kappa shape index (κ2) is 8.46. The normalized spacial score (nSPS) is 10.5. The monoisotopic (exact) mass is 411 g/mol. The van der Waals surface area contributed by atoms with Gasteiger partial charge in [-0.25, -0.2) is 0 Å². The molecule has 0 bridgehead atoms. The first-order chi connectivity index (χ1) is 15.0. The lowest BCUT2D eigenvalue weighted by molar-refractivity contribution is -0.384. The van der Waals surface area contributed by atoms with E-state index < -0.39 is 16.7 Å². The van der Waals surface area contributed by atoms with E-state index in [4.69, 9.17) is 0 Å². The first-order valence-corrected chi connectivity index (χ1v) is 9.47. The number of amides is 2. The quantitative estimate of drug-likeness (QED) is 0.346. The average Bonchev–Trinajstić information content (AvgIpc) is 2.79. The molecule has 4 aromatic rings. The van der Waals surface area contributed by atoms with Crippen molar-refractivity contribution in [2.45, 2.75) is 0 Å². The van der Waals surface area contributed by atoms with E-state index >= 15 is 0 Å². The summed E-state index contributed by atoms with van der Waals surface area (Å²) in [6.45, 7) is 0. The highest BCUT2D eigenvalue weighted by Gasteiger charge is 2.18. The first-order valence-electron chi connectivity index (χ1n) is 9.47. The Balaban J connectivity index is 1.58. The van der Waals surface area contributed by atoms with Crippen LogP contribution in [-0.4, -0.2) is 16.7 Å². The second-order valence-electron chi connectivity index (χ2n) is 6.78. The van der Waals surface area contributed by atoms with Crippen LogP contribution in [0.15, 0.2) is 91.0 Å². The van der Waals surface area contributed by atoms with E-state index in [2.05, 4.69) is 10.6 Å². The minimum absolute atomic E-state index is 0.0761. The maximum atomic E-state index is 13.0. The Morgan fingerprint density at radius 1 is 0.677 bits per heavy atom. The molecule has 0 aliphatic rings. The van der Waals surface area contributed by atoms with Gasteiger partial charge in [-0.05, 0) is 35.7 Å². The van der Waals surface area contributed by atoms with Crippen molar-refractivity contribution in [1.82, 2.24) is 0 Å². The lowest BCUT2D eigenvalue weighted by atomic mass is 10.0. The van der Waals surface area contributed by atoms with Gasteiger partial charge in [0.25, 0.3) is 17.5 Å². The minimum atomic E-state index is -0.515. The molecule has 0 saturated carbocycles. The summed E-state index contributed by atoms with van der Waals surface area (Å²) in [5.74, 6) is -0.900. The number of nitrogens with one attached hydrogen (secondary N) is 2. The van der Waals surface area contributed by atoms with Crippen LogP contribution in [-0.2, 0) is 0 Å². The van der Waals surface area contributed by atoms with Crippen LogP contribution in [0.3, 0.4) is 0 Å². The Morgan fingerprint density at radius 2 is 1.26 bits per heavy atom. The molecular formula is C24H17N3O4. The Labute approximate surface area is 177 Å². The molecule has 4 aromatic carbocycles. The van der Waals surface area contributed by atoms with Crippen LogP contribution in [0.1, 0.15) is 20.7 Å². The van der Waals surface area contributed by atoms with Crippen LogP contribution >= 0.6 is 0 Å². The number of anilines is 2. The number of fused-ring (bicyclic) bond motifs is 1. The number of carbonyl (C=O) groups is 2. The summed E-state index contributed by atoms with van der Waals surface area (Å²) < 4.78 is 0. The molecule has 4 rings (SSSR count). The van der Waals surface area contributed by atoms with E-state index in [-0.39, 0.29) is 16.8 Å². The zero-order valence-corrected chi connectivity index (χ0v) is 16.2. The third kappa shape index (κ3) is 4.25. The van der Waals surface area contributed by atoms with Gasteiger partial charge in [0.15, 0.2) is 0 Å². The van der Waals surface area contributed by atoms with Gasteiger partial charge >= 0.3 is 0 Å². The molecule has 0 aliphatic heterocycles. The van der Waals surface area contributed by atoms with E-state index in [0.717, 1.165) is 10.8 Å². The predicted octanol–water partition coefficient (Wildman–Crippen LogP) is 5.25. The number of hydrogen-bond donors (Lipinski definition) is 2. The Bertz CT molecular complexity index is 1290. The highest BCUT2D eigenvalue weighted by Crippen LogP contribution is 2.24. The van der Waals surface area contributed by atoms with Crippen LogP contribution in [0.4, 0.5) is 17.1 Å². The Hall–Kier alpha value is -4.52. The number of benzene rings is 4. The van der Waals surface area contributed by atoms with Crippen LogP contribution in [0.5, 0.6) is 0 Å². The molecule has 0 heterocycles. The summed E-state index contributed by atoms with van der Waals surface area (Å²) in [7, 11) is 0. The zero-order chi connectivity index (χ0) is 21.8. The molecule has 152 valence electrons. The molecule has 0 radical (unpaired) electrons. The lowest BCUT2D eigenvalue weighted by Gasteiger charge is -2.12. The van der Waals surface area contributed by atoms with Gasteiger partial charge in [0, 0.05) is 28.9 Å². The fourth-order valence-electron chi connectivity index (χ4n) is 3.27. The van der Waals surface area contributed by atoms with Crippen molar-refractivity contribution < 1.29 is 14.5 Å². The van der Waals surface area contributed by atoms with Crippen LogP contribution in [0.25, 0.3) is 10.8 Å². The molecular weight excluding hydrogens is 394 g/mol. The Kier molecular flexibility index (Phi) is 5.40. The van der Waals surface area contributed by atoms with Gasteiger partial charge in [0.2, 0.25) is 0 Å². The minimum Gasteiger partial charge on any atom is -0.322 e. The lowest BCUT2D eigenvalue weighted by Crippen LogP contribution is -2.20. The van der Waals surface area contributed by atoms with Gasteiger partial charge in [-0.15, -0.1) is 0 Å². The van der Waals surface area contributed by atoms with E-state index in [1.54, 1.807) is 30.3 Å². The molecule has 0 atom stereocenters. The number of nitro benzene ring substituents is 1. The van der Waals surface area contributed by atoms with Crippen molar-refractivity contribution in [2.24, 2.45) is 0 Å². The maximum Gasteiger partial charge on any atom is 0.269 e. The fourth-order valence-corrected chi connectivity index (χ4v) is 3.27. The van der Waals surface area contributed by atoms with Gasteiger partial charge in [-0.3, -0.25) is 19.7 Å². The third-order valence-corrected chi connectivity index (χ3v) is 4.79. The molecule has 7 nitrogen and oxygen atoms in total. The number of hydrogen-bond acceptors (Lipinski definition) is 4. The van der Waals surface area contributed by atoms with Gasteiger partial charge in [-0.2, -0.15) is 0 Å². The largest absolute Gasteiger partial charge is 0.322 e. The number of non-ortho nitro benzene ring substituents is 1. The SMILES string of the molecule is O=C(Nc1ccc([N+](=O)[O-])cc1)c1ccccc1C(=O)Nc1cccc2ccccc12. The molecule has 0 aromatic heterocycles.